The molecule has 10 heteroatoms. The molecule has 0 radical (unpaired) electrons. The molecule has 9 nitrogen and oxygen atoms in total. The second kappa shape index (κ2) is 8.91. The van der Waals surface area contributed by atoms with E-state index in [4.69, 9.17) is 9.05 Å². The second-order valence-corrected chi connectivity index (χ2v) is 7.81. The summed E-state index contributed by atoms with van der Waals surface area (Å²) < 4.78 is 23.4. The van der Waals surface area contributed by atoms with Crippen molar-refractivity contribution < 1.29 is 18.2 Å². The van der Waals surface area contributed by atoms with Crippen molar-refractivity contribution in [2.24, 2.45) is 0 Å². The lowest BCUT2D eigenvalue weighted by atomic mass is 10.1. The first kappa shape index (κ1) is 21.0. The molecule has 1 fully saturated rings. The van der Waals surface area contributed by atoms with E-state index in [1.807, 2.05) is 17.0 Å². The van der Waals surface area contributed by atoms with Crippen LogP contribution in [0.2, 0.25) is 0 Å². The van der Waals surface area contributed by atoms with Crippen LogP contribution in [-0.4, -0.2) is 62.2 Å². The molecular weight excluding hydrogens is 427 g/mol. The van der Waals surface area contributed by atoms with Gasteiger partial charge in [0.1, 0.15) is 5.82 Å². The smallest absolute Gasteiger partial charge is 0.257 e. The number of amides is 1. The number of aromatic nitrogens is 4. The van der Waals surface area contributed by atoms with Gasteiger partial charge in [-0.2, -0.15) is 9.97 Å². The number of aryl methyl sites for hydroxylation is 1. The fourth-order valence-electron chi connectivity index (χ4n) is 3.73. The van der Waals surface area contributed by atoms with Crippen LogP contribution in [-0.2, 0) is 6.54 Å². The molecular formula is C23H21FN6O3. The normalized spacial score (nSPS) is 14.5. The molecule has 3 heterocycles. The summed E-state index contributed by atoms with van der Waals surface area (Å²) in [6.07, 6.45) is 0. The molecule has 0 saturated carbocycles. The molecule has 168 valence electrons. The predicted octanol–water partition coefficient (Wildman–Crippen LogP) is 3.19. The van der Waals surface area contributed by atoms with Gasteiger partial charge in [0.25, 0.3) is 11.8 Å². The zero-order valence-corrected chi connectivity index (χ0v) is 17.9. The van der Waals surface area contributed by atoms with Gasteiger partial charge in [0.05, 0.1) is 6.54 Å². The molecule has 2 aromatic carbocycles. The molecule has 1 amide bonds. The van der Waals surface area contributed by atoms with Crippen LogP contribution >= 0.6 is 0 Å². The summed E-state index contributed by atoms with van der Waals surface area (Å²) >= 11 is 0. The van der Waals surface area contributed by atoms with Crippen LogP contribution in [0.15, 0.2) is 57.6 Å². The summed E-state index contributed by atoms with van der Waals surface area (Å²) in [6, 6.07) is 13.2. The third-order valence-corrected chi connectivity index (χ3v) is 5.48. The van der Waals surface area contributed by atoms with Gasteiger partial charge in [0.2, 0.25) is 11.7 Å². The Labute approximate surface area is 188 Å². The average molecular weight is 448 g/mol. The molecule has 4 aromatic rings. The molecule has 0 N–H and O–H groups in total. The van der Waals surface area contributed by atoms with Crippen LogP contribution in [0.3, 0.4) is 0 Å². The van der Waals surface area contributed by atoms with Gasteiger partial charge in [-0.1, -0.05) is 22.4 Å². The van der Waals surface area contributed by atoms with Crippen LogP contribution in [0.25, 0.3) is 22.8 Å². The summed E-state index contributed by atoms with van der Waals surface area (Å²) in [5, 5.41) is 7.95. The van der Waals surface area contributed by atoms with Crippen molar-refractivity contribution in [2.75, 3.05) is 26.2 Å². The quantitative estimate of drug-likeness (QED) is 0.459. The number of hydrogen-bond donors (Lipinski definition) is 0. The highest BCUT2D eigenvalue weighted by atomic mass is 19.1. The van der Waals surface area contributed by atoms with Gasteiger partial charge >= 0.3 is 0 Å². The molecule has 1 saturated heterocycles. The fourth-order valence-corrected chi connectivity index (χ4v) is 3.73. The minimum absolute atomic E-state index is 0.0325. The van der Waals surface area contributed by atoms with Gasteiger partial charge in [0.15, 0.2) is 5.82 Å². The topological polar surface area (TPSA) is 101 Å². The van der Waals surface area contributed by atoms with Crippen molar-refractivity contribution in [1.82, 2.24) is 30.1 Å². The van der Waals surface area contributed by atoms with E-state index in [9.17, 15) is 9.18 Å². The van der Waals surface area contributed by atoms with E-state index in [0.717, 1.165) is 5.56 Å². The van der Waals surface area contributed by atoms with Crippen LogP contribution < -0.4 is 0 Å². The molecule has 0 bridgehead atoms. The first-order valence-electron chi connectivity index (χ1n) is 10.6. The second-order valence-electron chi connectivity index (χ2n) is 7.81. The third kappa shape index (κ3) is 4.65. The third-order valence-electron chi connectivity index (χ3n) is 5.48. The number of nitrogens with zero attached hydrogens (tertiary/aromatic N) is 6. The van der Waals surface area contributed by atoms with E-state index in [2.05, 4.69) is 25.2 Å². The van der Waals surface area contributed by atoms with Crippen molar-refractivity contribution in [2.45, 2.75) is 13.5 Å². The van der Waals surface area contributed by atoms with Crippen LogP contribution in [0, 0.1) is 12.7 Å². The lowest BCUT2D eigenvalue weighted by Gasteiger charge is -2.34. The fraction of sp³-hybridized carbons (Fsp3) is 0.261. The Morgan fingerprint density at radius 2 is 1.76 bits per heavy atom. The first-order valence-corrected chi connectivity index (χ1v) is 10.6. The van der Waals surface area contributed by atoms with Crippen LogP contribution in [0.4, 0.5) is 4.39 Å². The van der Waals surface area contributed by atoms with Crippen LogP contribution in [0.1, 0.15) is 22.1 Å². The van der Waals surface area contributed by atoms with E-state index in [1.54, 1.807) is 31.2 Å². The first-order chi connectivity index (χ1) is 16.0. The number of halogens is 1. The van der Waals surface area contributed by atoms with Crippen LogP contribution in [0.5, 0.6) is 0 Å². The summed E-state index contributed by atoms with van der Waals surface area (Å²) in [4.78, 5) is 25.6. The van der Waals surface area contributed by atoms with E-state index in [-0.39, 0.29) is 11.7 Å². The maximum absolute atomic E-state index is 13.1. The van der Waals surface area contributed by atoms with E-state index >= 15 is 0 Å². The number of rotatable bonds is 5. The largest absolute Gasteiger partial charge is 0.339 e. The Morgan fingerprint density at radius 3 is 2.48 bits per heavy atom. The Hall–Kier alpha value is -3.92. The van der Waals surface area contributed by atoms with Gasteiger partial charge in [0, 0.05) is 49.8 Å². The monoisotopic (exact) mass is 448 g/mol. The molecule has 0 unspecified atom stereocenters. The van der Waals surface area contributed by atoms with Crippen molar-refractivity contribution in [3.63, 3.8) is 0 Å². The minimum Gasteiger partial charge on any atom is -0.339 e. The summed E-state index contributed by atoms with van der Waals surface area (Å²) in [5.74, 6) is 1.50. The molecule has 0 spiro atoms. The number of hydrogen-bond acceptors (Lipinski definition) is 8. The maximum Gasteiger partial charge on any atom is 0.257 e. The average Bonchev–Trinajstić information content (AvgIpc) is 3.49. The highest BCUT2D eigenvalue weighted by Gasteiger charge is 2.24. The molecule has 5 rings (SSSR count). The Balaban J connectivity index is 1.18. The SMILES string of the molecule is Cc1nc(-c2cccc(C(=O)N3CCN(Cc4noc(-c5ccc(F)cc5)n4)CC3)c2)no1. The van der Waals surface area contributed by atoms with E-state index < -0.39 is 0 Å². The number of carbonyl (C=O) groups excluding carboxylic acids is 1. The van der Waals surface area contributed by atoms with E-state index in [1.165, 1.54) is 12.1 Å². The molecule has 2 aromatic heterocycles. The van der Waals surface area contributed by atoms with Crippen molar-refractivity contribution >= 4 is 5.91 Å². The summed E-state index contributed by atoms with van der Waals surface area (Å²) in [5.41, 5.74) is 2.00. The molecule has 33 heavy (non-hydrogen) atoms. The Bertz CT molecular complexity index is 1260. The highest BCUT2D eigenvalue weighted by molar-refractivity contribution is 5.95. The van der Waals surface area contributed by atoms with Gasteiger partial charge < -0.3 is 13.9 Å². The number of piperazine rings is 1. The van der Waals surface area contributed by atoms with Crippen molar-refractivity contribution in [3.05, 3.63) is 71.6 Å². The van der Waals surface area contributed by atoms with Gasteiger partial charge in [-0.05, 0) is 36.4 Å². The lowest BCUT2D eigenvalue weighted by Crippen LogP contribution is -2.48. The van der Waals surface area contributed by atoms with Gasteiger partial charge in [-0.15, -0.1) is 0 Å². The number of carbonyl (C=O) groups is 1. The summed E-state index contributed by atoms with van der Waals surface area (Å²) in [6.45, 7) is 4.80. The van der Waals surface area contributed by atoms with Gasteiger partial charge in [-0.3, -0.25) is 9.69 Å². The van der Waals surface area contributed by atoms with Crippen molar-refractivity contribution in [1.29, 1.82) is 0 Å². The Kier molecular flexibility index (Phi) is 5.66. The summed E-state index contributed by atoms with van der Waals surface area (Å²) in [7, 11) is 0. The minimum atomic E-state index is -0.317. The highest BCUT2D eigenvalue weighted by Crippen LogP contribution is 2.20. The standard InChI is InChI=1S/C23H21FN6O3/c1-15-25-21(28-32-15)17-3-2-4-18(13-17)23(31)30-11-9-29(10-12-30)14-20-26-22(33-27-20)16-5-7-19(24)8-6-16/h2-8,13H,9-12,14H2,1H3. The maximum atomic E-state index is 13.1. The van der Waals surface area contributed by atoms with Crippen molar-refractivity contribution in [3.8, 4) is 22.8 Å². The molecule has 0 aliphatic carbocycles. The zero-order valence-electron chi connectivity index (χ0n) is 17.9. The lowest BCUT2D eigenvalue weighted by molar-refractivity contribution is 0.0624. The van der Waals surface area contributed by atoms with Gasteiger partial charge in [-0.25, -0.2) is 4.39 Å². The molecule has 1 aliphatic heterocycles. The van der Waals surface area contributed by atoms with E-state index in [0.29, 0.717) is 67.3 Å². The molecule has 0 atom stereocenters. The zero-order chi connectivity index (χ0) is 22.8. The number of benzene rings is 2. The predicted molar refractivity (Wildman–Crippen MR) is 115 cm³/mol. The Morgan fingerprint density at radius 1 is 0.970 bits per heavy atom. The molecule has 1 aliphatic rings.